The van der Waals surface area contributed by atoms with Gasteiger partial charge < -0.3 is 15.0 Å². The number of benzene rings is 1. The Bertz CT molecular complexity index is 458. The van der Waals surface area contributed by atoms with E-state index in [0.29, 0.717) is 19.1 Å². The Morgan fingerprint density at radius 2 is 2.10 bits per heavy atom. The minimum Gasteiger partial charge on any atom is -0.385 e. The van der Waals surface area contributed by atoms with Crippen LogP contribution in [0.2, 0.25) is 0 Å². The first-order chi connectivity index (χ1) is 9.99. The topological polar surface area (TPSA) is 41.6 Å². The van der Waals surface area contributed by atoms with Gasteiger partial charge in [0.2, 0.25) is 0 Å². The van der Waals surface area contributed by atoms with Gasteiger partial charge in [0.05, 0.1) is 6.61 Å². The van der Waals surface area contributed by atoms with E-state index in [2.05, 4.69) is 26.1 Å². The molecule has 0 aliphatic carbocycles. The van der Waals surface area contributed by atoms with E-state index in [0.717, 1.165) is 29.9 Å². The molecule has 0 radical (unpaired) electrons. The van der Waals surface area contributed by atoms with Crippen molar-refractivity contribution in [3.8, 4) is 0 Å². The lowest BCUT2D eigenvalue weighted by Gasteiger charge is -2.24. The number of anilines is 1. The van der Waals surface area contributed by atoms with Crippen molar-refractivity contribution in [1.82, 2.24) is 4.90 Å². The van der Waals surface area contributed by atoms with Gasteiger partial charge in [0.1, 0.15) is 0 Å². The van der Waals surface area contributed by atoms with E-state index in [-0.39, 0.29) is 5.91 Å². The van der Waals surface area contributed by atoms with Crippen LogP contribution < -0.4 is 5.32 Å². The Hall–Kier alpha value is -1.55. The highest BCUT2D eigenvalue weighted by Gasteiger charge is 2.17. The molecule has 1 N–H and O–H groups in total. The van der Waals surface area contributed by atoms with Gasteiger partial charge in [0.15, 0.2) is 0 Å². The highest BCUT2D eigenvalue weighted by atomic mass is 16.5. The number of nitrogens with one attached hydrogen (secondary N) is 1. The van der Waals surface area contributed by atoms with Crippen LogP contribution in [0.3, 0.4) is 0 Å². The van der Waals surface area contributed by atoms with Gasteiger partial charge in [0.25, 0.3) is 5.91 Å². The summed E-state index contributed by atoms with van der Waals surface area (Å²) in [6.07, 6.45) is 0. The summed E-state index contributed by atoms with van der Waals surface area (Å²) >= 11 is 0. The second-order valence-electron chi connectivity index (χ2n) is 5.70. The third kappa shape index (κ3) is 5.38. The molecule has 0 fully saturated rings. The fourth-order valence-corrected chi connectivity index (χ4v) is 2.29. The molecule has 4 nitrogen and oxygen atoms in total. The summed E-state index contributed by atoms with van der Waals surface area (Å²) < 4.78 is 5.11. The van der Waals surface area contributed by atoms with Gasteiger partial charge in [-0.25, -0.2) is 0 Å². The van der Waals surface area contributed by atoms with E-state index >= 15 is 0 Å². The monoisotopic (exact) mass is 292 g/mol. The molecule has 0 atom stereocenters. The number of methoxy groups -OCH3 is 1. The molecule has 0 saturated carbocycles. The van der Waals surface area contributed by atoms with Crippen molar-refractivity contribution < 1.29 is 9.53 Å². The highest BCUT2D eigenvalue weighted by Crippen LogP contribution is 2.18. The van der Waals surface area contributed by atoms with Crippen LogP contribution in [0.15, 0.2) is 18.2 Å². The van der Waals surface area contributed by atoms with Crippen LogP contribution >= 0.6 is 0 Å². The first-order valence-electron chi connectivity index (χ1n) is 7.62. The Balaban J connectivity index is 2.89. The number of ether oxygens (including phenoxy) is 1. The molecule has 0 aliphatic heterocycles. The van der Waals surface area contributed by atoms with Crippen molar-refractivity contribution in [1.29, 1.82) is 0 Å². The van der Waals surface area contributed by atoms with Crippen molar-refractivity contribution in [2.24, 2.45) is 5.92 Å². The molecule has 0 aromatic heterocycles. The molecule has 21 heavy (non-hydrogen) atoms. The minimum absolute atomic E-state index is 0.0758. The average Bonchev–Trinajstić information content (AvgIpc) is 2.44. The van der Waals surface area contributed by atoms with Crippen molar-refractivity contribution in [3.05, 3.63) is 29.3 Å². The molecule has 0 spiro atoms. The summed E-state index contributed by atoms with van der Waals surface area (Å²) in [4.78, 5) is 14.5. The molecule has 0 aliphatic rings. The number of amides is 1. The highest BCUT2D eigenvalue weighted by molar-refractivity contribution is 5.95. The fourth-order valence-electron chi connectivity index (χ4n) is 2.29. The van der Waals surface area contributed by atoms with Crippen molar-refractivity contribution in [2.45, 2.75) is 27.7 Å². The molecular weight excluding hydrogens is 264 g/mol. The van der Waals surface area contributed by atoms with Gasteiger partial charge in [-0.3, -0.25) is 4.79 Å². The number of hydrogen-bond acceptors (Lipinski definition) is 3. The van der Waals surface area contributed by atoms with Crippen LogP contribution in [0, 0.1) is 12.8 Å². The molecule has 1 amide bonds. The van der Waals surface area contributed by atoms with E-state index in [9.17, 15) is 4.79 Å². The Morgan fingerprint density at radius 1 is 1.38 bits per heavy atom. The number of hydrogen-bond donors (Lipinski definition) is 1. The van der Waals surface area contributed by atoms with Gasteiger partial charge in [0, 0.05) is 38.0 Å². The van der Waals surface area contributed by atoms with E-state index in [4.69, 9.17) is 4.74 Å². The van der Waals surface area contributed by atoms with Crippen molar-refractivity contribution in [3.63, 3.8) is 0 Å². The number of rotatable bonds is 8. The lowest BCUT2D eigenvalue weighted by atomic mass is 10.1. The van der Waals surface area contributed by atoms with E-state index in [1.54, 1.807) is 7.11 Å². The molecule has 1 aromatic carbocycles. The molecule has 0 unspecified atom stereocenters. The maximum Gasteiger partial charge on any atom is 0.253 e. The van der Waals surface area contributed by atoms with Gasteiger partial charge in [-0.05, 0) is 43.5 Å². The average molecular weight is 292 g/mol. The summed E-state index contributed by atoms with van der Waals surface area (Å²) in [5, 5.41) is 3.29. The zero-order chi connectivity index (χ0) is 15.8. The largest absolute Gasteiger partial charge is 0.385 e. The van der Waals surface area contributed by atoms with Crippen molar-refractivity contribution >= 4 is 11.6 Å². The summed E-state index contributed by atoms with van der Waals surface area (Å²) in [5.41, 5.74) is 2.92. The maximum absolute atomic E-state index is 12.7. The Morgan fingerprint density at radius 3 is 2.62 bits per heavy atom. The van der Waals surface area contributed by atoms with Crippen molar-refractivity contribution in [2.75, 3.05) is 38.7 Å². The Labute approximate surface area is 128 Å². The first-order valence-corrected chi connectivity index (χ1v) is 7.62. The zero-order valence-electron chi connectivity index (χ0n) is 13.9. The summed E-state index contributed by atoms with van der Waals surface area (Å²) in [7, 11) is 1.66. The Kier molecular flexibility index (Phi) is 7.23. The van der Waals surface area contributed by atoms with Crippen LogP contribution in [-0.2, 0) is 4.74 Å². The second kappa shape index (κ2) is 8.67. The molecule has 0 saturated heterocycles. The van der Waals surface area contributed by atoms with E-state index in [1.165, 1.54) is 0 Å². The minimum atomic E-state index is 0.0758. The fraction of sp³-hybridized carbons (Fsp3) is 0.588. The predicted molar refractivity (Wildman–Crippen MR) is 88.0 cm³/mol. The molecular formula is C17H28N2O2. The zero-order valence-corrected chi connectivity index (χ0v) is 13.9. The second-order valence-corrected chi connectivity index (χ2v) is 5.70. The van der Waals surface area contributed by atoms with Gasteiger partial charge in [-0.1, -0.05) is 13.8 Å². The number of carbonyl (C=O) groups excluding carboxylic acids is 1. The van der Waals surface area contributed by atoms with Crippen LogP contribution in [-0.4, -0.2) is 44.2 Å². The SMILES string of the molecule is CCNc1ccc(C(=O)N(CCOC)CC(C)C)cc1C. The quantitative estimate of drug-likeness (QED) is 0.800. The number of aryl methyl sites for hydroxylation is 1. The third-order valence-corrected chi connectivity index (χ3v) is 3.28. The van der Waals surface area contributed by atoms with Crippen LogP contribution in [0.1, 0.15) is 36.7 Å². The molecule has 1 aromatic rings. The molecule has 118 valence electrons. The summed E-state index contributed by atoms with van der Waals surface area (Å²) in [6, 6.07) is 5.84. The molecule has 0 bridgehead atoms. The van der Waals surface area contributed by atoms with E-state index in [1.807, 2.05) is 30.0 Å². The number of carbonyl (C=O) groups is 1. The summed E-state index contributed by atoms with van der Waals surface area (Å²) in [5.74, 6) is 0.514. The van der Waals surface area contributed by atoms with Crippen LogP contribution in [0.5, 0.6) is 0 Å². The van der Waals surface area contributed by atoms with E-state index < -0.39 is 0 Å². The maximum atomic E-state index is 12.7. The number of nitrogens with zero attached hydrogens (tertiary/aromatic N) is 1. The third-order valence-electron chi connectivity index (χ3n) is 3.28. The normalized spacial score (nSPS) is 10.8. The van der Waals surface area contributed by atoms with Gasteiger partial charge >= 0.3 is 0 Å². The van der Waals surface area contributed by atoms with Gasteiger partial charge in [-0.2, -0.15) is 0 Å². The molecule has 4 heteroatoms. The molecule has 0 heterocycles. The van der Waals surface area contributed by atoms with Crippen LogP contribution in [0.4, 0.5) is 5.69 Å². The predicted octanol–water partition coefficient (Wildman–Crippen LogP) is 3.17. The summed E-state index contributed by atoms with van der Waals surface area (Å²) in [6.45, 7) is 11.1. The van der Waals surface area contributed by atoms with Gasteiger partial charge in [-0.15, -0.1) is 0 Å². The first kappa shape index (κ1) is 17.5. The lowest BCUT2D eigenvalue weighted by molar-refractivity contribution is 0.0672. The smallest absolute Gasteiger partial charge is 0.253 e. The molecule has 1 rings (SSSR count). The standard InChI is InChI=1S/C17H28N2O2/c1-6-18-16-8-7-15(11-14(16)4)17(20)19(9-10-21-5)12-13(2)3/h7-8,11,13,18H,6,9-10,12H2,1-5H3. The lowest BCUT2D eigenvalue weighted by Crippen LogP contribution is -2.36. The van der Waals surface area contributed by atoms with Crippen LogP contribution in [0.25, 0.3) is 0 Å².